The third-order valence-corrected chi connectivity index (χ3v) is 4.70. The van der Waals surface area contributed by atoms with Crippen LogP contribution in [0.5, 0.6) is 0 Å². The van der Waals surface area contributed by atoms with E-state index < -0.39 is 0 Å². The number of benzene rings is 2. The molecule has 0 aliphatic rings. The third-order valence-electron chi connectivity index (χ3n) is 3.75. The van der Waals surface area contributed by atoms with Gasteiger partial charge in [-0.2, -0.15) is 0 Å². The smallest absolute Gasteiger partial charge is 0.351 e. The van der Waals surface area contributed by atoms with Crippen LogP contribution in [0.1, 0.15) is 11.1 Å². The van der Waals surface area contributed by atoms with E-state index in [1.54, 1.807) is 6.07 Å². The van der Waals surface area contributed by atoms with E-state index >= 15 is 0 Å². The Morgan fingerprint density at radius 3 is 2.67 bits per heavy atom. The van der Waals surface area contributed by atoms with Gasteiger partial charge in [-0.1, -0.05) is 47.6 Å². The van der Waals surface area contributed by atoms with Crippen molar-refractivity contribution >= 4 is 29.1 Å². The van der Waals surface area contributed by atoms with E-state index in [0.29, 0.717) is 22.4 Å². The van der Waals surface area contributed by atoms with Gasteiger partial charge in [-0.05, 0) is 42.5 Å². The fourth-order valence-electron chi connectivity index (χ4n) is 2.47. The summed E-state index contributed by atoms with van der Waals surface area (Å²) in [5.74, 6) is 0. The van der Waals surface area contributed by atoms with Crippen molar-refractivity contribution in [2.24, 2.45) is 0 Å². The molecule has 124 valence electrons. The Hall–Kier alpha value is -2.18. The molecule has 1 heterocycles. The summed E-state index contributed by atoms with van der Waals surface area (Å²) in [5, 5.41) is 5.54. The topological polar surface area (TPSA) is 65.8 Å². The Morgan fingerprint density at radius 1 is 1.25 bits per heavy atom. The second-order valence-electron chi connectivity index (χ2n) is 5.40. The van der Waals surface area contributed by atoms with Crippen molar-refractivity contribution in [3.05, 3.63) is 69.1 Å². The Bertz CT molecular complexity index is 948. The average Bonchev–Trinajstić information content (AvgIpc) is 2.87. The van der Waals surface area contributed by atoms with Gasteiger partial charge in [0.1, 0.15) is 0 Å². The van der Waals surface area contributed by atoms with Gasteiger partial charge in [-0.25, -0.2) is 14.0 Å². The Labute approximate surface area is 149 Å². The van der Waals surface area contributed by atoms with Gasteiger partial charge >= 0.3 is 5.69 Å². The summed E-state index contributed by atoms with van der Waals surface area (Å²) in [6, 6.07) is 13.0. The molecule has 3 aromatic rings. The lowest BCUT2D eigenvalue weighted by Gasteiger charge is -2.05. The van der Waals surface area contributed by atoms with E-state index in [1.807, 2.05) is 49.6 Å². The van der Waals surface area contributed by atoms with E-state index in [2.05, 4.69) is 5.10 Å². The van der Waals surface area contributed by atoms with Crippen LogP contribution in [0.2, 0.25) is 5.02 Å². The SMILES string of the molecule is CSc1nn(Cc2ccc(N)c(C)c2)c(=O)n1-c1ccccc1Cl. The zero-order valence-electron chi connectivity index (χ0n) is 13.4. The molecular weight excluding hydrogens is 344 g/mol. The maximum Gasteiger partial charge on any atom is 0.351 e. The third kappa shape index (κ3) is 3.07. The maximum absolute atomic E-state index is 12.8. The van der Waals surface area contributed by atoms with Crippen molar-refractivity contribution in [1.82, 2.24) is 14.3 Å². The number of rotatable bonds is 4. The highest BCUT2D eigenvalue weighted by molar-refractivity contribution is 7.98. The number of para-hydroxylation sites is 1. The predicted octanol–water partition coefficient (Wildman–Crippen LogP) is 3.35. The molecule has 0 aliphatic heterocycles. The fourth-order valence-corrected chi connectivity index (χ4v) is 3.23. The molecule has 7 heteroatoms. The van der Waals surface area contributed by atoms with Gasteiger partial charge in [-0.3, -0.25) is 0 Å². The summed E-state index contributed by atoms with van der Waals surface area (Å²) < 4.78 is 2.98. The molecule has 2 N–H and O–H groups in total. The number of aromatic nitrogens is 3. The number of nitrogens with zero attached hydrogens (tertiary/aromatic N) is 3. The molecule has 0 spiro atoms. The molecule has 0 unspecified atom stereocenters. The quantitative estimate of drug-likeness (QED) is 0.572. The normalized spacial score (nSPS) is 11.0. The summed E-state index contributed by atoms with van der Waals surface area (Å²) in [6.07, 6.45) is 1.88. The minimum atomic E-state index is -0.220. The molecule has 0 amide bonds. The molecule has 0 radical (unpaired) electrons. The van der Waals surface area contributed by atoms with Crippen molar-refractivity contribution in [2.75, 3.05) is 12.0 Å². The largest absolute Gasteiger partial charge is 0.399 e. The molecular formula is C17H17ClN4OS. The lowest BCUT2D eigenvalue weighted by molar-refractivity contribution is 0.644. The van der Waals surface area contributed by atoms with Gasteiger partial charge < -0.3 is 5.73 Å². The standard InChI is InChI=1S/C17H17ClN4OS/c1-11-9-12(7-8-14(11)19)10-21-17(23)22(16(20-21)24-2)15-6-4-3-5-13(15)18/h3-9H,10,19H2,1-2H3. The zero-order valence-corrected chi connectivity index (χ0v) is 14.9. The van der Waals surface area contributed by atoms with E-state index in [0.717, 1.165) is 16.8 Å². The van der Waals surface area contributed by atoms with Gasteiger partial charge in [0.15, 0.2) is 5.16 Å². The lowest BCUT2D eigenvalue weighted by Crippen LogP contribution is -2.24. The molecule has 5 nitrogen and oxygen atoms in total. The number of thioether (sulfide) groups is 1. The molecule has 3 rings (SSSR count). The summed E-state index contributed by atoms with van der Waals surface area (Å²) in [5.41, 5.74) is 8.95. The monoisotopic (exact) mass is 360 g/mol. The second-order valence-corrected chi connectivity index (χ2v) is 6.59. The van der Waals surface area contributed by atoms with Crippen LogP contribution in [0.15, 0.2) is 52.4 Å². The first kappa shape index (κ1) is 16.7. The molecule has 0 bridgehead atoms. The van der Waals surface area contributed by atoms with Crippen molar-refractivity contribution in [3.8, 4) is 5.69 Å². The van der Waals surface area contributed by atoms with Gasteiger partial charge in [0, 0.05) is 5.69 Å². The molecule has 24 heavy (non-hydrogen) atoms. The Balaban J connectivity index is 2.06. The van der Waals surface area contributed by atoms with Crippen LogP contribution in [-0.4, -0.2) is 20.6 Å². The van der Waals surface area contributed by atoms with Crippen LogP contribution in [0, 0.1) is 6.92 Å². The number of hydrogen-bond acceptors (Lipinski definition) is 4. The number of halogens is 1. The van der Waals surface area contributed by atoms with Gasteiger partial charge in [0.25, 0.3) is 0 Å². The first-order valence-corrected chi connectivity index (χ1v) is 8.95. The fraction of sp³-hybridized carbons (Fsp3) is 0.176. The van der Waals surface area contributed by atoms with Gasteiger partial charge in [0.05, 0.1) is 17.3 Å². The van der Waals surface area contributed by atoms with Crippen LogP contribution in [-0.2, 0) is 6.54 Å². The first-order valence-electron chi connectivity index (χ1n) is 7.35. The van der Waals surface area contributed by atoms with Crippen LogP contribution in [0.4, 0.5) is 5.69 Å². The zero-order chi connectivity index (χ0) is 17.3. The highest BCUT2D eigenvalue weighted by Crippen LogP contribution is 2.23. The maximum atomic E-state index is 12.8. The van der Waals surface area contributed by atoms with E-state index in [4.69, 9.17) is 17.3 Å². The number of nitrogen functional groups attached to an aromatic ring is 1. The highest BCUT2D eigenvalue weighted by Gasteiger charge is 2.16. The predicted molar refractivity (Wildman–Crippen MR) is 99.3 cm³/mol. The molecule has 0 saturated carbocycles. The van der Waals surface area contributed by atoms with Gasteiger partial charge in [-0.15, -0.1) is 5.10 Å². The first-order chi connectivity index (χ1) is 11.5. The van der Waals surface area contributed by atoms with Crippen molar-refractivity contribution in [3.63, 3.8) is 0 Å². The number of aryl methyl sites for hydroxylation is 1. The molecule has 2 aromatic carbocycles. The minimum absolute atomic E-state index is 0.220. The molecule has 0 saturated heterocycles. The van der Waals surface area contributed by atoms with E-state index in [1.165, 1.54) is 21.0 Å². The van der Waals surface area contributed by atoms with Gasteiger partial charge in [0.2, 0.25) is 0 Å². The summed E-state index contributed by atoms with van der Waals surface area (Å²) in [7, 11) is 0. The Kier molecular flexibility index (Phi) is 4.69. The van der Waals surface area contributed by atoms with E-state index in [9.17, 15) is 4.79 Å². The summed E-state index contributed by atoms with van der Waals surface area (Å²) >= 11 is 7.65. The van der Waals surface area contributed by atoms with Crippen molar-refractivity contribution in [1.29, 1.82) is 0 Å². The highest BCUT2D eigenvalue weighted by atomic mass is 35.5. The second kappa shape index (κ2) is 6.75. The van der Waals surface area contributed by atoms with Crippen molar-refractivity contribution < 1.29 is 0 Å². The van der Waals surface area contributed by atoms with Crippen LogP contribution < -0.4 is 11.4 Å². The number of hydrogen-bond donors (Lipinski definition) is 1. The average molecular weight is 361 g/mol. The number of nitrogens with two attached hydrogens (primary N) is 1. The van der Waals surface area contributed by atoms with Crippen LogP contribution >= 0.6 is 23.4 Å². The van der Waals surface area contributed by atoms with Crippen molar-refractivity contribution in [2.45, 2.75) is 18.6 Å². The molecule has 0 atom stereocenters. The molecule has 0 aliphatic carbocycles. The Morgan fingerprint density at radius 2 is 2.00 bits per heavy atom. The molecule has 1 aromatic heterocycles. The summed E-state index contributed by atoms with van der Waals surface area (Å²) in [4.78, 5) is 12.8. The van der Waals surface area contributed by atoms with E-state index in [-0.39, 0.29) is 5.69 Å². The summed E-state index contributed by atoms with van der Waals surface area (Å²) in [6.45, 7) is 2.32. The minimum Gasteiger partial charge on any atom is -0.399 e. The van der Waals surface area contributed by atoms with Crippen LogP contribution in [0.25, 0.3) is 5.69 Å². The lowest BCUT2D eigenvalue weighted by atomic mass is 10.1. The number of anilines is 1. The van der Waals surface area contributed by atoms with Crippen LogP contribution in [0.3, 0.4) is 0 Å². The molecule has 0 fully saturated rings.